The lowest BCUT2D eigenvalue weighted by molar-refractivity contribution is -0.115. The molecule has 0 fully saturated rings. The first-order valence-electron chi connectivity index (χ1n) is 5.95. The van der Waals surface area contributed by atoms with E-state index >= 15 is 0 Å². The van der Waals surface area contributed by atoms with Gasteiger partial charge >= 0.3 is 0 Å². The van der Waals surface area contributed by atoms with Crippen LogP contribution < -0.4 is 10.1 Å². The van der Waals surface area contributed by atoms with E-state index in [1.807, 2.05) is 24.3 Å². The second kappa shape index (κ2) is 6.64. The number of hydrogen-bond acceptors (Lipinski definition) is 2. The lowest BCUT2D eigenvalue weighted by Crippen LogP contribution is -2.14. The number of anilines is 1. The number of nitrogens with one attached hydrogen (secondary N) is 1. The molecule has 0 aliphatic heterocycles. The molecule has 0 unspecified atom stereocenters. The van der Waals surface area contributed by atoms with Gasteiger partial charge in [0.2, 0.25) is 5.91 Å². The van der Waals surface area contributed by atoms with Gasteiger partial charge in [-0.05, 0) is 35.9 Å². The van der Waals surface area contributed by atoms with Crippen LogP contribution in [0.3, 0.4) is 0 Å². The summed E-state index contributed by atoms with van der Waals surface area (Å²) in [5.74, 6) is 0.629. The lowest BCUT2D eigenvalue weighted by Gasteiger charge is -2.07. The summed E-state index contributed by atoms with van der Waals surface area (Å²) in [5, 5.41) is 3.73. The first-order chi connectivity index (χ1) is 9.56. The minimum absolute atomic E-state index is 0.131. The number of methoxy groups -OCH3 is 1. The van der Waals surface area contributed by atoms with Gasteiger partial charge in [0.15, 0.2) is 0 Å². The third-order valence-electron chi connectivity index (χ3n) is 2.67. The summed E-state index contributed by atoms with van der Waals surface area (Å²) >= 11 is 11.8. The SMILES string of the molecule is COc1ccc(CC(=O)Nc2cc(Cl)cc(Cl)c2)cc1. The quantitative estimate of drug-likeness (QED) is 0.920. The summed E-state index contributed by atoms with van der Waals surface area (Å²) in [6.45, 7) is 0. The largest absolute Gasteiger partial charge is 0.497 e. The summed E-state index contributed by atoms with van der Waals surface area (Å²) in [4.78, 5) is 11.9. The molecule has 0 aromatic heterocycles. The molecule has 0 aliphatic carbocycles. The summed E-state index contributed by atoms with van der Waals surface area (Å²) in [5.41, 5.74) is 1.48. The lowest BCUT2D eigenvalue weighted by atomic mass is 10.1. The third kappa shape index (κ3) is 4.15. The molecule has 2 rings (SSSR count). The molecular weight excluding hydrogens is 297 g/mol. The first-order valence-corrected chi connectivity index (χ1v) is 6.71. The highest BCUT2D eigenvalue weighted by molar-refractivity contribution is 6.35. The molecule has 0 atom stereocenters. The minimum atomic E-state index is -0.131. The topological polar surface area (TPSA) is 38.3 Å². The Morgan fingerprint density at radius 3 is 2.25 bits per heavy atom. The average Bonchev–Trinajstić information content (AvgIpc) is 2.38. The highest BCUT2D eigenvalue weighted by Crippen LogP contribution is 2.22. The van der Waals surface area contributed by atoms with Gasteiger partial charge in [0, 0.05) is 15.7 Å². The fraction of sp³-hybridized carbons (Fsp3) is 0.133. The molecule has 5 heteroatoms. The highest BCUT2D eigenvalue weighted by atomic mass is 35.5. The molecule has 1 amide bonds. The molecule has 0 radical (unpaired) electrons. The molecule has 20 heavy (non-hydrogen) atoms. The number of halogens is 2. The van der Waals surface area contributed by atoms with Crippen LogP contribution in [-0.2, 0) is 11.2 Å². The molecule has 1 N–H and O–H groups in total. The molecule has 104 valence electrons. The molecule has 0 heterocycles. The standard InChI is InChI=1S/C15H13Cl2NO2/c1-20-14-4-2-10(3-5-14)6-15(19)18-13-8-11(16)7-12(17)9-13/h2-5,7-9H,6H2,1H3,(H,18,19). The maximum atomic E-state index is 11.9. The average molecular weight is 310 g/mol. The fourth-order valence-corrected chi connectivity index (χ4v) is 2.29. The number of benzene rings is 2. The molecular formula is C15H13Cl2NO2. The van der Waals surface area contributed by atoms with Gasteiger partial charge < -0.3 is 10.1 Å². The van der Waals surface area contributed by atoms with Crippen molar-refractivity contribution in [2.75, 3.05) is 12.4 Å². The van der Waals surface area contributed by atoms with Crippen LogP contribution in [0.1, 0.15) is 5.56 Å². The van der Waals surface area contributed by atoms with E-state index in [0.29, 0.717) is 15.7 Å². The van der Waals surface area contributed by atoms with E-state index in [-0.39, 0.29) is 12.3 Å². The number of rotatable bonds is 4. The van der Waals surface area contributed by atoms with Crippen molar-refractivity contribution in [3.63, 3.8) is 0 Å². The zero-order valence-corrected chi connectivity index (χ0v) is 12.3. The van der Waals surface area contributed by atoms with Crippen molar-refractivity contribution in [2.45, 2.75) is 6.42 Å². The van der Waals surface area contributed by atoms with E-state index in [0.717, 1.165) is 11.3 Å². The Hall–Kier alpha value is -1.71. The molecule has 0 bridgehead atoms. The summed E-state index contributed by atoms with van der Waals surface area (Å²) in [6.07, 6.45) is 0.272. The Balaban J connectivity index is 2.01. The highest BCUT2D eigenvalue weighted by Gasteiger charge is 2.06. The van der Waals surface area contributed by atoms with Gasteiger partial charge in [-0.3, -0.25) is 4.79 Å². The second-order valence-corrected chi connectivity index (χ2v) is 5.10. The molecule has 0 saturated heterocycles. The smallest absolute Gasteiger partial charge is 0.228 e. The first kappa shape index (κ1) is 14.7. The van der Waals surface area contributed by atoms with Crippen molar-refractivity contribution in [1.82, 2.24) is 0 Å². The van der Waals surface area contributed by atoms with Crippen LogP contribution in [0.25, 0.3) is 0 Å². The zero-order chi connectivity index (χ0) is 14.5. The van der Waals surface area contributed by atoms with Crippen molar-refractivity contribution in [3.05, 3.63) is 58.1 Å². The van der Waals surface area contributed by atoms with Crippen LogP contribution in [-0.4, -0.2) is 13.0 Å². The number of carbonyl (C=O) groups excluding carboxylic acids is 1. The van der Waals surface area contributed by atoms with Crippen molar-refractivity contribution >= 4 is 34.8 Å². The van der Waals surface area contributed by atoms with Crippen molar-refractivity contribution in [3.8, 4) is 5.75 Å². The minimum Gasteiger partial charge on any atom is -0.497 e. The van der Waals surface area contributed by atoms with Crippen LogP contribution in [0, 0.1) is 0 Å². The van der Waals surface area contributed by atoms with E-state index < -0.39 is 0 Å². The molecule has 2 aromatic carbocycles. The zero-order valence-electron chi connectivity index (χ0n) is 10.8. The summed E-state index contributed by atoms with van der Waals surface area (Å²) < 4.78 is 5.07. The van der Waals surface area contributed by atoms with E-state index in [1.54, 1.807) is 25.3 Å². The van der Waals surface area contributed by atoms with Crippen LogP contribution >= 0.6 is 23.2 Å². The molecule has 0 saturated carbocycles. The van der Waals surface area contributed by atoms with E-state index in [2.05, 4.69) is 5.32 Å². The van der Waals surface area contributed by atoms with E-state index in [9.17, 15) is 4.79 Å². The summed E-state index contributed by atoms with van der Waals surface area (Å²) in [7, 11) is 1.60. The van der Waals surface area contributed by atoms with Gasteiger partial charge in [-0.15, -0.1) is 0 Å². The van der Waals surface area contributed by atoms with Crippen molar-refractivity contribution in [1.29, 1.82) is 0 Å². The van der Waals surface area contributed by atoms with E-state index in [4.69, 9.17) is 27.9 Å². The number of carbonyl (C=O) groups is 1. The van der Waals surface area contributed by atoms with E-state index in [1.165, 1.54) is 0 Å². The maximum absolute atomic E-state index is 11.9. The van der Waals surface area contributed by atoms with Crippen molar-refractivity contribution < 1.29 is 9.53 Å². The van der Waals surface area contributed by atoms with Gasteiger partial charge in [0.05, 0.1) is 13.5 Å². The van der Waals surface area contributed by atoms with Crippen LogP contribution in [0.4, 0.5) is 5.69 Å². The van der Waals surface area contributed by atoms with Gasteiger partial charge in [-0.25, -0.2) is 0 Å². The Morgan fingerprint density at radius 1 is 1.10 bits per heavy atom. The normalized spacial score (nSPS) is 10.2. The fourth-order valence-electron chi connectivity index (χ4n) is 1.76. The second-order valence-electron chi connectivity index (χ2n) is 4.23. The number of hydrogen-bond donors (Lipinski definition) is 1. The molecule has 0 aliphatic rings. The van der Waals surface area contributed by atoms with Crippen molar-refractivity contribution in [2.24, 2.45) is 0 Å². The monoisotopic (exact) mass is 309 g/mol. The van der Waals surface area contributed by atoms with Gasteiger partial charge in [-0.2, -0.15) is 0 Å². The molecule has 2 aromatic rings. The van der Waals surface area contributed by atoms with Gasteiger partial charge in [0.25, 0.3) is 0 Å². The number of ether oxygens (including phenoxy) is 1. The predicted molar refractivity (Wildman–Crippen MR) is 81.8 cm³/mol. The Kier molecular flexibility index (Phi) is 4.88. The van der Waals surface area contributed by atoms with Crippen LogP contribution in [0.15, 0.2) is 42.5 Å². The number of amides is 1. The van der Waals surface area contributed by atoms with Crippen LogP contribution in [0.5, 0.6) is 5.75 Å². The Labute approximate surface area is 127 Å². The third-order valence-corrected chi connectivity index (χ3v) is 3.11. The summed E-state index contributed by atoms with van der Waals surface area (Å²) in [6, 6.07) is 12.3. The molecule has 3 nitrogen and oxygen atoms in total. The Morgan fingerprint density at radius 2 is 1.70 bits per heavy atom. The molecule has 0 spiro atoms. The maximum Gasteiger partial charge on any atom is 0.228 e. The van der Waals surface area contributed by atoms with Gasteiger partial charge in [0.1, 0.15) is 5.75 Å². The van der Waals surface area contributed by atoms with Gasteiger partial charge in [-0.1, -0.05) is 35.3 Å². The predicted octanol–water partition coefficient (Wildman–Crippen LogP) is 4.18. The Bertz CT molecular complexity index is 592. The van der Waals surface area contributed by atoms with Crippen LogP contribution in [0.2, 0.25) is 10.0 Å².